The predicted molar refractivity (Wildman–Crippen MR) is 111 cm³/mol. The van der Waals surface area contributed by atoms with Gasteiger partial charge in [0.2, 0.25) is 0 Å². The van der Waals surface area contributed by atoms with Crippen LogP contribution in [0.2, 0.25) is 5.02 Å². The van der Waals surface area contributed by atoms with E-state index >= 15 is 0 Å². The second-order valence-corrected chi connectivity index (χ2v) is 7.33. The molecular formula is C21H15ClN2O2S. The van der Waals surface area contributed by atoms with E-state index in [1.165, 1.54) is 7.11 Å². The number of benzene rings is 3. The van der Waals surface area contributed by atoms with E-state index in [0.29, 0.717) is 22.0 Å². The number of hydrogen-bond donors (Lipinski definition) is 1. The lowest BCUT2D eigenvalue weighted by atomic mass is 10.1. The molecule has 0 atom stereocenters. The second kappa shape index (κ2) is 7.39. The van der Waals surface area contributed by atoms with Gasteiger partial charge in [-0.25, -0.2) is 4.98 Å². The maximum atomic E-state index is 12.6. The number of para-hydroxylation sites is 1. The van der Waals surface area contributed by atoms with Crippen molar-refractivity contribution >= 4 is 44.7 Å². The van der Waals surface area contributed by atoms with Crippen LogP contribution in [-0.4, -0.2) is 18.0 Å². The number of halogens is 1. The van der Waals surface area contributed by atoms with Crippen LogP contribution in [0.4, 0.5) is 5.69 Å². The van der Waals surface area contributed by atoms with Crippen molar-refractivity contribution < 1.29 is 9.53 Å². The van der Waals surface area contributed by atoms with Crippen molar-refractivity contribution in [1.29, 1.82) is 0 Å². The van der Waals surface area contributed by atoms with E-state index in [2.05, 4.69) is 16.4 Å². The Bertz CT molecular complexity index is 1090. The first-order chi connectivity index (χ1) is 13.1. The summed E-state index contributed by atoms with van der Waals surface area (Å²) < 4.78 is 6.39. The third kappa shape index (κ3) is 3.65. The van der Waals surface area contributed by atoms with Gasteiger partial charge in [-0.3, -0.25) is 4.79 Å². The SMILES string of the molecule is COc1ccc(Cl)cc1C(=O)Nc1ccc(-c2nc3ccccc3s2)cc1. The Kier molecular flexibility index (Phi) is 4.79. The van der Waals surface area contributed by atoms with Gasteiger partial charge in [0.05, 0.1) is 22.9 Å². The summed E-state index contributed by atoms with van der Waals surface area (Å²) in [6, 6.07) is 20.6. The molecule has 0 aliphatic heterocycles. The van der Waals surface area contributed by atoms with Gasteiger partial charge in [-0.2, -0.15) is 0 Å². The van der Waals surface area contributed by atoms with Crippen LogP contribution in [0.25, 0.3) is 20.8 Å². The number of thiazole rings is 1. The maximum Gasteiger partial charge on any atom is 0.259 e. The third-order valence-electron chi connectivity index (χ3n) is 4.09. The fourth-order valence-corrected chi connectivity index (χ4v) is 3.89. The molecule has 0 unspecified atom stereocenters. The van der Waals surface area contributed by atoms with Gasteiger partial charge in [-0.15, -0.1) is 11.3 Å². The molecule has 1 N–H and O–H groups in total. The number of aromatic nitrogens is 1. The van der Waals surface area contributed by atoms with Gasteiger partial charge in [0.1, 0.15) is 10.8 Å². The summed E-state index contributed by atoms with van der Waals surface area (Å²) >= 11 is 7.65. The molecule has 4 aromatic rings. The summed E-state index contributed by atoms with van der Waals surface area (Å²) in [4.78, 5) is 17.2. The molecule has 27 heavy (non-hydrogen) atoms. The molecule has 1 aromatic heterocycles. The van der Waals surface area contributed by atoms with Gasteiger partial charge in [0, 0.05) is 16.3 Å². The van der Waals surface area contributed by atoms with Crippen LogP contribution in [-0.2, 0) is 0 Å². The van der Waals surface area contributed by atoms with E-state index in [-0.39, 0.29) is 5.91 Å². The summed E-state index contributed by atoms with van der Waals surface area (Å²) in [7, 11) is 1.52. The van der Waals surface area contributed by atoms with Crippen molar-refractivity contribution in [3.05, 3.63) is 77.3 Å². The van der Waals surface area contributed by atoms with E-state index in [4.69, 9.17) is 16.3 Å². The summed E-state index contributed by atoms with van der Waals surface area (Å²) in [6.07, 6.45) is 0. The van der Waals surface area contributed by atoms with Gasteiger partial charge in [-0.1, -0.05) is 23.7 Å². The van der Waals surface area contributed by atoms with E-state index in [1.54, 1.807) is 29.5 Å². The lowest BCUT2D eigenvalue weighted by molar-refractivity contribution is 0.102. The molecule has 0 aliphatic rings. The molecule has 0 aliphatic carbocycles. The molecule has 1 amide bonds. The summed E-state index contributed by atoms with van der Waals surface area (Å²) in [5.41, 5.74) is 3.07. The number of rotatable bonds is 4. The van der Waals surface area contributed by atoms with Crippen LogP contribution < -0.4 is 10.1 Å². The number of anilines is 1. The Morgan fingerprint density at radius 2 is 1.85 bits per heavy atom. The molecular weight excluding hydrogens is 380 g/mol. The maximum absolute atomic E-state index is 12.6. The Balaban J connectivity index is 1.56. The third-order valence-corrected chi connectivity index (χ3v) is 5.41. The normalized spacial score (nSPS) is 10.7. The number of hydrogen-bond acceptors (Lipinski definition) is 4. The summed E-state index contributed by atoms with van der Waals surface area (Å²) in [5.74, 6) is 0.199. The summed E-state index contributed by atoms with van der Waals surface area (Å²) in [5, 5.41) is 4.30. The van der Waals surface area contributed by atoms with Crippen molar-refractivity contribution in [2.45, 2.75) is 0 Å². The second-order valence-electron chi connectivity index (χ2n) is 5.86. The summed E-state index contributed by atoms with van der Waals surface area (Å²) in [6.45, 7) is 0. The number of methoxy groups -OCH3 is 1. The zero-order valence-corrected chi connectivity index (χ0v) is 16.0. The van der Waals surface area contributed by atoms with Gasteiger partial charge >= 0.3 is 0 Å². The molecule has 0 bridgehead atoms. The molecule has 4 rings (SSSR count). The first kappa shape index (κ1) is 17.5. The zero-order valence-electron chi connectivity index (χ0n) is 14.4. The molecule has 6 heteroatoms. The first-order valence-electron chi connectivity index (χ1n) is 8.25. The van der Waals surface area contributed by atoms with Crippen LogP contribution >= 0.6 is 22.9 Å². The highest BCUT2D eigenvalue weighted by Gasteiger charge is 2.13. The van der Waals surface area contributed by atoms with Gasteiger partial charge in [0.15, 0.2) is 0 Å². The predicted octanol–water partition coefficient (Wildman–Crippen LogP) is 5.88. The van der Waals surface area contributed by atoms with Crippen LogP contribution in [0.5, 0.6) is 5.75 Å². The highest BCUT2D eigenvalue weighted by Crippen LogP contribution is 2.31. The molecule has 4 nitrogen and oxygen atoms in total. The van der Waals surface area contributed by atoms with E-state index in [0.717, 1.165) is 20.8 Å². The van der Waals surface area contributed by atoms with Crippen LogP contribution in [0.3, 0.4) is 0 Å². The number of fused-ring (bicyclic) bond motifs is 1. The quantitative estimate of drug-likeness (QED) is 0.470. The molecule has 1 heterocycles. The van der Waals surface area contributed by atoms with Gasteiger partial charge < -0.3 is 10.1 Å². The Hall–Kier alpha value is -2.89. The Morgan fingerprint density at radius 3 is 2.59 bits per heavy atom. The number of carbonyl (C=O) groups is 1. The zero-order chi connectivity index (χ0) is 18.8. The highest BCUT2D eigenvalue weighted by molar-refractivity contribution is 7.21. The fraction of sp³-hybridized carbons (Fsp3) is 0.0476. The van der Waals surface area contributed by atoms with E-state index < -0.39 is 0 Å². The number of nitrogens with one attached hydrogen (secondary N) is 1. The molecule has 0 spiro atoms. The average Bonchev–Trinajstić information content (AvgIpc) is 3.12. The lowest BCUT2D eigenvalue weighted by Gasteiger charge is -2.10. The standard InChI is InChI=1S/C21H15ClN2O2S/c1-26-18-11-8-14(22)12-16(18)20(25)23-15-9-6-13(7-10-15)21-24-17-4-2-3-5-19(17)27-21/h2-12H,1H3,(H,23,25). The number of amides is 1. The van der Waals surface area contributed by atoms with Crippen molar-refractivity contribution in [3.8, 4) is 16.3 Å². The largest absolute Gasteiger partial charge is 0.496 e. The minimum absolute atomic E-state index is 0.276. The molecule has 0 saturated carbocycles. The average molecular weight is 395 g/mol. The lowest BCUT2D eigenvalue weighted by Crippen LogP contribution is -2.13. The van der Waals surface area contributed by atoms with Gasteiger partial charge in [-0.05, 0) is 54.6 Å². The number of ether oxygens (including phenoxy) is 1. The van der Waals surface area contributed by atoms with E-state index in [9.17, 15) is 4.79 Å². The van der Waals surface area contributed by atoms with Crippen molar-refractivity contribution in [2.24, 2.45) is 0 Å². The van der Waals surface area contributed by atoms with E-state index in [1.807, 2.05) is 42.5 Å². The van der Waals surface area contributed by atoms with Crippen LogP contribution in [0.15, 0.2) is 66.7 Å². The Labute approximate surface area is 165 Å². The monoisotopic (exact) mass is 394 g/mol. The van der Waals surface area contributed by atoms with Crippen molar-refractivity contribution in [2.75, 3.05) is 12.4 Å². The van der Waals surface area contributed by atoms with Crippen LogP contribution in [0, 0.1) is 0 Å². The van der Waals surface area contributed by atoms with Crippen molar-refractivity contribution in [1.82, 2.24) is 4.98 Å². The van der Waals surface area contributed by atoms with Crippen molar-refractivity contribution in [3.63, 3.8) is 0 Å². The molecule has 0 radical (unpaired) electrons. The number of carbonyl (C=O) groups excluding carboxylic acids is 1. The van der Waals surface area contributed by atoms with Gasteiger partial charge in [0.25, 0.3) is 5.91 Å². The Morgan fingerprint density at radius 1 is 1.07 bits per heavy atom. The molecule has 3 aromatic carbocycles. The minimum atomic E-state index is -0.276. The molecule has 0 fully saturated rings. The first-order valence-corrected chi connectivity index (χ1v) is 9.44. The smallest absolute Gasteiger partial charge is 0.259 e. The van der Waals surface area contributed by atoms with Crippen LogP contribution in [0.1, 0.15) is 10.4 Å². The highest BCUT2D eigenvalue weighted by atomic mass is 35.5. The topological polar surface area (TPSA) is 51.2 Å². The minimum Gasteiger partial charge on any atom is -0.496 e. The molecule has 134 valence electrons. The number of nitrogens with zero attached hydrogens (tertiary/aromatic N) is 1. The molecule has 0 saturated heterocycles. The fourth-order valence-electron chi connectivity index (χ4n) is 2.75.